The van der Waals surface area contributed by atoms with E-state index >= 15 is 0 Å². The third-order valence-electron chi connectivity index (χ3n) is 3.79. The lowest BCUT2D eigenvalue weighted by Crippen LogP contribution is -2.37. The van der Waals surface area contributed by atoms with Gasteiger partial charge in [0, 0.05) is 19.8 Å². The number of benzene rings is 2. The van der Waals surface area contributed by atoms with E-state index in [4.69, 9.17) is 23.2 Å². The molecule has 0 unspecified atom stereocenters. The van der Waals surface area contributed by atoms with Gasteiger partial charge in [-0.25, -0.2) is 21.1 Å². The second-order valence-corrected chi connectivity index (χ2v) is 11.1. The van der Waals surface area contributed by atoms with Crippen molar-refractivity contribution in [3.05, 3.63) is 52.5 Å². The molecule has 12 heteroatoms. The molecule has 0 aliphatic rings. The highest BCUT2D eigenvalue weighted by Gasteiger charge is 2.23. The fraction of sp³-hybridized carbons (Fsp3) is 0.235. The van der Waals surface area contributed by atoms with Crippen LogP contribution in [0.3, 0.4) is 0 Å². The maximum absolute atomic E-state index is 12.4. The Kier molecular flexibility index (Phi) is 7.18. The Balaban J connectivity index is 2.26. The van der Waals surface area contributed by atoms with Crippen molar-refractivity contribution in [1.29, 1.82) is 0 Å². The molecule has 0 radical (unpaired) electrons. The Morgan fingerprint density at radius 2 is 1.55 bits per heavy atom. The molecule has 0 saturated carbocycles. The minimum atomic E-state index is -3.82. The molecule has 2 rings (SSSR count). The second kappa shape index (κ2) is 8.88. The fourth-order valence-electron chi connectivity index (χ4n) is 2.30. The molecule has 0 fully saturated rings. The Hall–Kier alpha value is -1.85. The highest BCUT2D eigenvalue weighted by molar-refractivity contribution is 7.92. The largest absolute Gasteiger partial charge is 0.324 e. The molecule has 29 heavy (non-hydrogen) atoms. The van der Waals surface area contributed by atoms with Crippen LogP contribution in [0.4, 0.5) is 11.4 Å². The van der Waals surface area contributed by atoms with Crippen LogP contribution in [-0.2, 0) is 24.8 Å². The quantitative estimate of drug-likeness (QED) is 0.656. The van der Waals surface area contributed by atoms with Crippen LogP contribution in [0.1, 0.15) is 0 Å². The van der Waals surface area contributed by atoms with Crippen LogP contribution in [0.2, 0.25) is 10.0 Å². The number of anilines is 2. The van der Waals surface area contributed by atoms with Crippen molar-refractivity contribution in [2.75, 3.05) is 36.5 Å². The van der Waals surface area contributed by atoms with Gasteiger partial charge < -0.3 is 5.32 Å². The van der Waals surface area contributed by atoms with Crippen LogP contribution < -0.4 is 9.62 Å². The maximum Gasteiger partial charge on any atom is 0.245 e. The summed E-state index contributed by atoms with van der Waals surface area (Å²) in [5, 5.41) is 3.10. The first kappa shape index (κ1) is 23.4. The molecular formula is C17H19Cl2N3O5S2. The molecule has 2 aromatic carbocycles. The smallest absolute Gasteiger partial charge is 0.245 e. The third kappa shape index (κ3) is 5.83. The number of rotatable bonds is 7. The van der Waals surface area contributed by atoms with Crippen molar-refractivity contribution >= 4 is 60.5 Å². The Morgan fingerprint density at radius 1 is 0.966 bits per heavy atom. The number of nitrogens with one attached hydrogen (secondary N) is 1. The topological polar surface area (TPSA) is 104 Å². The van der Waals surface area contributed by atoms with Crippen LogP contribution in [0.25, 0.3) is 0 Å². The molecule has 0 aliphatic heterocycles. The monoisotopic (exact) mass is 479 g/mol. The number of halogens is 2. The number of carbonyl (C=O) groups is 1. The van der Waals surface area contributed by atoms with Gasteiger partial charge in [0.15, 0.2) is 0 Å². The number of nitrogens with zero attached hydrogens (tertiary/aromatic N) is 2. The van der Waals surface area contributed by atoms with E-state index in [9.17, 15) is 21.6 Å². The van der Waals surface area contributed by atoms with Crippen LogP contribution >= 0.6 is 23.2 Å². The number of hydrogen-bond acceptors (Lipinski definition) is 5. The average Bonchev–Trinajstić information content (AvgIpc) is 2.62. The Bertz CT molecular complexity index is 1120. The summed E-state index contributed by atoms with van der Waals surface area (Å²) >= 11 is 11.7. The first-order valence-corrected chi connectivity index (χ1v) is 12.1. The highest BCUT2D eigenvalue weighted by atomic mass is 35.5. The van der Waals surface area contributed by atoms with E-state index in [0.29, 0.717) is 10.7 Å². The second-order valence-electron chi connectivity index (χ2n) is 6.23. The van der Waals surface area contributed by atoms with E-state index in [1.807, 2.05) is 0 Å². The van der Waals surface area contributed by atoms with Crippen molar-refractivity contribution in [3.8, 4) is 0 Å². The summed E-state index contributed by atoms with van der Waals surface area (Å²) in [4.78, 5) is 12.4. The molecule has 0 saturated heterocycles. The zero-order valence-corrected chi connectivity index (χ0v) is 18.9. The molecular weight excluding hydrogens is 461 g/mol. The van der Waals surface area contributed by atoms with Gasteiger partial charge in [-0.2, -0.15) is 0 Å². The minimum absolute atomic E-state index is 0.0000383. The maximum atomic E-state index is 12.4. The van der Waals surface area contributed by atoms with E-state index < -0.39 is 32.5 Å². The fourth-order valence-corrected chi connectivity index (χ4v) is 4.36. The zero-order chi connectivity index (χ0) is 22.0. The lowest BCUT2D eigenvalue weighted by atomic mass is 10.3. The van der Waals surface area contributed by atoms with Gasteiger partial charge >= 0.3 is 0 Å². The summed E-state index contributed by atoms with van der Waals surface area (Å²) in [7, 11) is -4.71. The molecule has 0 aliphatic carbocycles. The lowest BCUT2D eigenvalue weighted by molar-refractivity contribution is -0.114. The first-order valence-electron chi connectivity index (χ1n) is 8.07. The third-order valence-corrected chi connectivity index (χ3v) is 7.50. The summed E-state index contributed by atoms with van der Waals surface area (Å²) in [6, 6.07) is 9.66. The number of carbonyl (C=O) groups excluding carboxylic acids is 1. The molecule has 0 spiro atoms. The van der Waals surface area contributed by atoms with E-state index in [0.717, 1.165) is 14.9 Å². The van der Waals surface area contributed by atoms with Crippen LogP contribution in [0, 0.1) is 0 Å². The SMILES string of the molecule is CN(C)S(=O)(=O)c1ccc(N(CC(=O)Nc2ccc(Cl)c(Cl)c2)S(C)(=O)=O)cc1. The molecule has 1 amide bonds. The predicted octanol–water partition coefficient (Wildman–Crippen LogP) is 2.65. The van der Waals surface area contributed by atoms with Crippen molar-refractivity contribution in [2.24, 2.45) is 0 Å². The molecule has 0 bridgehead atoms. The lowest BCUT2D eigenvalue weighted by Gasteiger charge is -2.22. The van der Waals surface area contributed by atoms with Gasteiger partial charge in [0.2, 0.25) is 26.0 Å². The molecule has 0 heterocycles. The van der Waals surface area contributed by atoms with Crippen LogP contribution in [0.15, 0.2) is 47.4 Å². The summed E-state index contributed by atoms with van der Waals surface area (Å²) in [6.45, 7) is -0.515. The summed E-state index contributed by atoms with van der Waals surface area (Å²) in [5.41, 5.74) is 0.500. The van der Waals surface area contributed by atoms with Gasteiger partial charge in [-0.15, -0.1) is 0 Å². The van der Waals surface area contributed by atoms with Crippen molar-refractivity contribution < 1.29 is 21.6 Å². The predicted molar refractivity (Wildman–Crippen MR) is 115 cm³/mol. The van der Waals surface area contributed by atoms with Gasteiger partial charge in [0.1, 0.15) is 6.54 Å². The van der Waals surface area contributed by atoms with E-state index in [2.05, 4.69) is 5.32 Å². The zero-order valence-electron chi connectivity index (χ0n) is 15.8. The van der Waals surface area contributed by atoms with Gasteiger partial charge in [-0.3, -0.25) is 9.10 Å². The molecule has 0 atom stereocenters. The summed E-state index contributed by atoms with van der Waals surface area (Å²) in [5.74, 6) is -0.612. The van der Waals surface area contributed by atoms with E-state index in [1.165, 1.54) is 56.6 Å². The van der Waals surface area contributed by atoms with Gasteiger partial charge in [-0.1, -0.05) is 23.2 Å². The van der Waals surface area contributed by atoms with Crippen molar-refractivity contribution in [1.82, 2.24) is 4.31 Å². The normalized spacial score (nSPS) is 12.1. The Morgan fingerprint density at radius 3 is 2.03 bits per heavy atom. The first-order chi connectivity index (χ1) is 13.3. The molecule has 0 aromatic heterocycles. The molecule has 1 N–H and O–H groups in total. The van der Waals surface area contributed by atoms with Crippen molar-refractivity contribution in [2.45, 2.75) is 4.90 Å². The number of hydrogen-bond donors (Lipinski definition) is 1. The highest BCUT2D eigenvalue weighted by Crippen LogP contribution is 2.25. The van der Waals surface area contributed by atoms with Crippen LogP contribution in [0.5, 0.6) is 0 Å². The average molecular weight is 480 g/mol. The van der Waals surface area contributed by atoms with Gasteiger partial charge in [0.05, 0.1) is 26.9 Å². The minimum Gasteiger partial charge on any atom is -0.324 e. The van der Waals surface area contributed by atoms with Crippen LogP contribution in [-0.4, -0.2) is 53.9 Å². The molecule has 2 aromatic rings. The van der Waals surface area contributed by atoms with E-state index in [-0.39, 0.29) is 15.6 Å². The van der Waals surface area contributed by atoms with Gasteiger partial charge in [0.25, 0.3) is 0 Å². The standard InChI is InChI=1S/C17H19Cl2N3O5S2/c1-21(2)29(26,27)14-7-5-13(6-8-14)22(28(3,24)25)11-17(23)20-12-4-9-15(18)16(19)10-12/h4-10H,11H2,1-3H3,(H,20,23). The number of sulfonamides is 2. The van der Waals surface area contributed by atoms with Gasteiger partial charge in [-0.05, 0) is 42.5 Å². The molecule has 8 nitrogen and oxygen atoms in total. The van der Waals surface area contributed by atoms with E-state index in [1.54, 1.807) is 0 Å². The summed E-state index contributed by atoms with van der Waals surface area (Å²) in [6.07, 6.45) is 0.948. The van der Waals surface area contributed by atoms with Crippen molar-refractivity contribution in [3.63, 3.8) is 0 Å². The Labute approximate surface area is 180 Å². The number of amides is 1. The molecule has 158 valence electrons. The summed E-state index contributed by atoms with van der Waals surface area (Å²) < 4.78 is 50.6.